The number of carbonyl (C=O) groups excluding carboxylic acids is 1. The first-order valence-corrected chi connectivity index (χ1v) is 4.06. The molecule has 3 N–H and O–H groups in total. The van der Waals surface area contributed by atoms with Crippen molar-refractivity contribution in [3.63, 3.8) is 0 Å². The van der Waals surface area contributed by atoms with Crippen LogP contribution >= 0.6 is 11.8 Å². The van der Waals surface area contributed by atoms with Crippen molar-refractivity contribution in [2.75, 3.05) is 25.2 Å². The fourth-order valence-corrected chi connectivity index (χ4v) is 1.03. The zero-order valence-corrected chi connectivity index (χ0v) is 6.74. The molecule has 0 aromatic rings. The standard InChI is InChI=1S/C5H12N2O2S/c1-7-5(8)4-10-3-2-9-6/h2-4,6H2,1H3,(H,7,8). The topological polar surface area (TPSA) is 64.3 Å². The van der Waals surface area contributed by atoms with Gasteiger partial charge in [-0.05, 0) is 0 Å². The highest BCUT2D eigenvalue weighted by molar-refractivity contribution is 7.99. The van der Waals surface area contributed by atoms with E-state index in [1.165, 1.54) is 11.8 Å². The van der Waals surface area contributed by atoms with E-state index in [9.17, 15) is 4.79 Å². The lowest BCUT2D eigenvalue weighted by Gasteiger charge is -1.98. The van der Waals surface area contributed by atoms with E-state index in [1.807, 2.05) is 0 Å². The third-order valence-corrected chi connectivity index (χ3v) is 1.78. The van der Waals surface area contributed by atoms with Crippen molar-refractivity contribution < 1.29 is 9.63 Å². The van der Waals surface area contributed by atoms with Crippen LogP contribution in [0.5, 0.6) is 0 Å². The number of amides is 1. The second-order valence-electron chi connectivity index (χ2n) is 1.60. The Labute approximate surface area is 64.4 Å². The Kier molecular flexibility index (Phi) is 6.68. The lowest BCUT2D eigenvalue weighted by molar-refractivity contribution is -0.118. The number of rotatable bonds is 5. The number of hydrogen-bond donors (Lipinski definition) is 2. The molecule has 0 unspecified atom stereocenters. The Morgan fingerprint density at radius 3 is 3.00 bits per heavy atom. The molecule has 0 fully saturated rings. The molecular weight excluding hydrogens is 152 g/mol. The first-order chi connectivity index (χ1) is 4.81. The molecule has 0 saturated heterocycles. The van der Waals surface area contributed by atoms with Crippen LogP contribution in [0.3, 0.4) is 0 Å². The molecule has 0 aliphatic carbocycles. The van der Waals surface area contributed by atoms with Crippen LogP contribution in [0.1, 0.15) is 0 Å². The number of nitrogens with two attached hydrogens (primary N) is 1. The Morgan fingerprint density at radius 2 is 2.50 bits per heavy atom. The first kappa shape index (κ1) is 9.74. The van der Waals surface area contributed by atoms with Crippen LogP contribution in [0.2, 0.25) is 0 Å². The monoisotopic (exact) mass is 164 g/mol. The molecule has 0 saturated carbocycles. The molecule has 0 rings (SSSR count). The predicted octanol–water partition coefficient (Wildman–Crippen LogP) is -0.644. The molecule has 0 aliphatic rings. The van der Waals surface area contributed by atoms with Gasteiger partial charge in [0.1, 0.15) is 0 Å². The maximum absolute atomic E-state index is 10.6. The molecule has 0 atom stereocenters. The van der Waals surface area contributed by atoms with E-state index in [1.54, 1.807) is 7.05 Å². The second-order valence-corrected chi connectivity index (χ2v) is 2.70. The fourth-order valence-electron chi connectivity index (χ4n) is 0.344. The molecule has 0 aromatic heterocycles. The minimum atomic E-state index is 0.0296. The molecule has 0 bridgehead atoms. The quantitative estimate of drug-likeness (QED) is 0.419. The van der Waals surface area contributed by atoms with Gasteiger partial charge in [-0.2, -0.15) is 0 Å². The maximum atomic E-state index is 10.6. The third-order valence-electron chi connectivity index (χ3n) is 0.858. The van der Waals surface area contributed by atoms with Crippen LogP contribution in [0.15, 0.2) is 0 Å². The van der Waals surface area contributed by atoms with Gasteiger partial charge >= 0.3 is 0 Å². The second kappa shape index (κ2) is 6.85. The van der Waals surface area contributed by atoms with Crippen molar-refractivity contribution in [1.82, 2.24) is 5.32 Å². The summed E-state index contributed by atoms with van der Waals surface area (Å²) in [6, 6.07) is 0. The Morgan fingerprint density at radius 1 is 1.80 bits per heavy atom. The summed E-state index contributed by atoms with van der Waals surface area (Å²) in [7, 11) is 1.61. The highest BCUT2D eigenvalue weighted by atomic mass is 32.2. The normalized spacial score (nSPS) is 9.40. The molecule has 4 nitrogen and oxygen atoms in total. The zero-order valence-electron chi connectivity index (χ0n) is 5.92. The van der Waals surface area contributed by atoms with Crippen molar-refractivity contribution in [2.45, 2.75) is 0 Å². The third kappa shape index (κ3) is 5.87. The van der Waals surface area contributed by atoms with Crippen LogP contribution in [-0.4, -0.2) is 31.1 Å². The summed E-state index contributed by atoms with van der Waals surface area (Å²) in [5.41, 5.74) is 0. The molecular formula is C5H12N2O2S. The molecule has 0 radical (unpaired) electrons. The number of hydrogen-bond acceptors (Lipinski definition) is 4. The van der Waals surface area contributed by atoms with Crippen LogP contribution in [-0.2, 0) is 9.63 Å². The van der Waals surface area contributed by atoms with Gasteiger partial charge in [-0.3, -0.25) is 4.79 Å². The van der Waals surface area contributed by atoms with Crippen molar-refractivity contribution in [3.8, 4) is 0 Å². The van der Waals surface area contributed by atoms with Crippen LogP contribution in [0, 0.1) is 0 Å². The fraction of sp³-hybridized carbons (Fsp3) is 0.800. The summed E-state index contributed by atoms with van der Waals surface area (Å²) in [6.07, 6.45) is 0. The van der Waals surface area contributed by atoms with E-state index in [-0.39, 0.29) is 5.91 Å². The average molecular weight is 164 g/mol. The first-order valence-electron chi connectivity index (χ1n) is 2.91. The van der Waals surface area contributed by atoms with Gasteiger partial charge in [-0.1, -0.05) is 0 Å². The van der Waals surface area contributed by atoms with Crippen LogP contribution in [0.25, 0.3) is 0 Å². The van der Waals surface area contributed by atoms with E-state index in [0.29, 0.717) is 12.4 Å². The van der Waals surface area contributed by atoms with Gasteiger partial charge in [0.2, 0.25) is 5.91 Å². The zero-order chi connectivity index (χ0) is 7.82. The van der Waals surface area contributed by atoms with Gasteiger partial charge in [0.05, 0.1) is 12.4 Å². The van der Waals surface area contributed by atoms with Gasteiger partial charge in [0.15, 0.2) is 0 Å². The average Bonchev–Trinajstić information content (AvgIpc) is 1.98. The van der Waals surface area contributed by atoms with E-state index in [4.69, 9.17) is 5.90 Å². The van der Waals surface area contributed by atoms with E-state index in [0.717, 1.165) is 5.75 Å². The maximum Gasteiger partial charge on any atom is 0.229 e. The largest absolute Gasteiger partial charge is 0.358 e. The Bertz CT molecular complexity index is 99.6. The molecule has 0 heterocycles. The summed E-state index contributed by atoms with van der Waals surface area (Å²) in [6.45, 7) is 0.488. The van der Waals surface area contributed by atoms with Crippen molar-refractivity contribution in [3.05, 3.63) is 0 Å². The van der Waals surface area contributed by atoms with Crippen molar-refractivity contribution >= 4 is 17.7 Å². The number of carbonyl (C=O) groups is 1. The summed E-state index contributed by atoms with van der Waals surface area (Å²) < 4.78 is 0. The van der Waals surface area contributed by atoms with Gasteiger partial charge in [0.25, 0.3) is 0 Å². The molecule has 5 heteroatoms. The Balaban J connectivity index is 2.96. The molecule has 10 heavy (non-hydrogen) atoms. The highest BCUT2D eigenvalue weighted by Gasteiger charge is 1.95. The smallest absolute Gasteiger partial charge is 0.229 e. The lowest BCUT2D eigenvalue weighted by Crippen LogP contribution is -2.20. The summed E-state index contributed by atoms with van der Waals surface area (Å²) in [4.78, 5) is 14.9. The SMILES string of the molecule is CNC(=O)CSCCON. The molecule has 0 aromatic carbocycles. The van der Waals surface area contributed by atoms with Gasteiger partial charge in [-0.25, -0.2) is 5.90 Å². The van der Waals surface area contributed by atoms with Crippen molar-refractivity contribution in [1.29, 1.82) is 0 Å². The van der Waals surface area contributed by atoms with Crippen LogP contribution < -0.4 is 11.2 Å². The van der Waals surface area contributed by atoms with E-state index >= 15 is 0 Å². The summed E-state index contributed by atoms with van der Waals surface area (Å²) in [5.74, 6) is 6.02. The predicted molar refractivity (Wildman–Crippen MR) is 41.5 cm³/mol. The van der Waals surface area contributed by atoms with Gasteiger partial charge in [-0.15, -0.1) is 11.8 Å². The van der Waals surface area contributed by atoms with E-state index < -0.39 is 0 Å². The van der Waals surface area contributed by atoms with E-state index in [2.05, 4.69) is 10.2 Å². The number of thioether (sulfide) groups is 1. The van der Waals surface area contributed by atoms with Gasteiger partial charge in [0, 0.05) is 12.8 Å². The highest BCUT2D eigenvalue weighted by Crippen LogP contribution is 1.96. The van der Waals surface area contributed by atoms with Crippen LogP contribution in [0.4, 0.5) is 0 Å². The minimum Gasteiger partial charge on any atom is -0.358 e. The molecule has 0 spiro atoms. The Hall–Kier alpha value is -0.260. The van der Waals surface area contributed by atoms with Gasteiger partial charge < -0.3 is 10.2 Å². The lowest BCUT2D eigenvalue weighted by atomic mass is 10.7. The molecule has 1 amide bonds. The summed E-state index contributed by atoms with van der Waals surface area (Å²) >= 11 is 1.49. The molecule has 60 valence electrons. The van der Waals surface area contributed by atoms with Crippen molar-refractivity contribution in [2.24, 2.45) is 5.90 Å². The molecule has 0 aliphatic heterocycles. The summed E-state index contributed by atoms with van der Waals surface area (Å²) in [5, 5.41) is 2.51. The minimum absolute atomic E-state index is 0.0296. The number of nitrogens with one attached hydrogen (secondary N) is 1.